The van der Waals surface area contributed by atoms with Gasteiger partial charge in [0.2, 0.25) is 0 Å². The van der Waals surface area contributed by atoms with Crippen LogP contribution in [-0.4, -0.2) is 30.6 Å². The Morgan fingerprint density at radius 2 is 1.54 bits per heavy atom. The number of nitrogens with one attached hydrogen (secondary N) is 1. The molecule has 1 aliphatic carbocycles. The van der Waals surface area contributed by atoms with Crippen molar-refractivity contribution in [3.63, 3.8) is 0 Å². The summed E-state index contributed by atoms with van der Waals surface area (Å²) in [7, 11) is 4.05. The van der Waals surface area contributed by atoms with E-state index in [2.05, 4.69) is 58.3 Å². The van der Waals surface area contributed by atoms with Gasteiger partial charge in [-0.3, -0.25) is 0 Å². The van der Waals surface area contributed by atoms with Crippen molar-refractivity contribution < 1.29 is 6.16 Å². The number of ether oxygens (including phenoxy) is 1. The van der Waals surface area contributed by atoms with Crippen LogP contribution < -0.4 is 15.0 Å². The highest BCUT2D eigenvalue weighted by Crippen LogP contribution is 2.26. The fraction of sp³-hybridized carbons (Fsp3) is 0.412. The number of anilines is 1. The first-order chi connectivity index (χ1) is 19.0. The highest BCUT2D eigenvalue weighted by Gasteiger charge is 2.13. The van der Waals surface area contributed by atoms with Crippen LogP contribution in [0.15, 0.2) is 78.9 Å². The Bertz CT molecular complexity index is 1270. The van der Waals surface area contributed by atoms with Crippen molar-refractivity contribution in [1.82, 2.24) is 15.3 Å². The minimum Gasteiger partial charge on any atom is -0.457 e. The molecule has 3 aromatic carbocycles. The first-order valence-electron chi connectivity index (χ1n) is 14.5. The van der Waals surface area contributed by atoms with Crippen LogP contribution in [0.1, 0.15) is 71.1 Å². The number of hydrogen-bond acceptors (Lipinski definition) is 5. The van der Waals surface area contributed by atoms with E-state index in [9.17, 15) is 0 Å². The van der Waals surface area contributed by atoms with E-state index in [1.54, 1.807) is 0 Å². The van der Waals surface area contributed by atoms with Crippen LogP contribution in [0.25, 0.3) is 10.9 Å². The van der Waals surface area contributed by atoms with Gasteiger partial charge >= 0.3 is 0 Å². The second-order valence-electron chi connectivity index (χ2n) is 10.8. The summed E-state index contributed by atoms with van der Waals surface area (Å²) >= 11 is 0. The fourth-order valence-corrected chi connectivity index (χ4v) is 4.93. The molecule has 0 aliphatic heterocycles. The molecule has 1 saturated carbocycles. The number of nitrogens with zero attached hydrogens (tertiary/aromatic N) is 3. The number of para-hydroxylation sites is 2. The van der Waals surface area contributed by atoms with Crippen LogP contribution in [0, 0.1) is 5.92 Å². The highest BCUT2D eigenvalue weighted by atomic mass is 16.5. The summed E-state index contributed by atoms with van der Waals surface area (Å²) in [6, 6.07) is 26.5. The molecule has 1 fully saturated rings. The SMILES string of the molecule is CCC(C)c1nc(N(C)C)c2ccccc2n1.[HH].c1ccc(Oc2ccc(CNCC3CCCCC3)cc2)cc1. The molecule has 1 unspecified atom stereocenters. The Hall–Kier alpha value is -3.44. The van der Waals surface area contributed by atoms with Crippen molar-refractivity contribution in [1.29, 1.82) is 0 Å². The van der Waals surface area contributed by atoms with Crippen molar-refractivity contribution in [2.24, 2.45) is 5.92 Å². The molecule has 1 atom stereocenters. The minimum absolute atomic E-state index is 0. The zero-order valence-electron chi connectivity index (χ0n) is 24.1. The largest absolute Gasteiger partial charge is 0.457 e. The molecule has 0 spiro atoms. The monoisotopic (exact) mass is 526 g/mol. The van der Waals surface area contributed by atoms with Gasteiger partial charge in [-0.05, 0) is 73.7 Å². The van der Waals surface area contributed by atoms with E-state index in [1.165, 1.54) is 37.7 Å². The van der Waals surface area contributed by atoms with Crippen LogP contribution in [0.5, 0.6) is 11.5 Å². The molecule has 4 aromatic rings. The Balaban J connectivity index is 0.000000222. The lowest BCUT2D eigenvalue weighted by atomic mass is 9.89. The number of hydrogen-bond donors (Lipinski definition) is 1. The first-order valence-corrected chi connectivity index (χ1v) is 14.5. The average molecular weight is 527 g/mol. The molecule has 39 heavy (non-hydrogen) atoms. The van der Waals surface area contributed by atoms with Gasteiger partial charge in [-0.2, -0.15) is 0 Å². The van der Waals surface area contributed by atoms with Crippen molar-refractivity contribution >= 4 is 16.7 Å². The summed E-state index contributed by atoms with van der Waals surface area (Å²) in [4.78, 5) is 11.4. The third-order valence-electron chi connectivity index (χ3n) is 7.47. The highest BCUT2D eigenvalue weighted by molar-refractivity contribution is 5.89. The number of fused-ring (bicyclic) bond motifs is 1. The lowest BCUT2D eigenvalue weighted by molar-refractivity contribution is 0.342. The standard InChI is InChI=1S/C20H25NO.C14H19N3.H2/c1-3-7-17(8-4-1)15-21-16-18-11-13-20(14-12-18)22-19-9-5-2-6-10-19;1-5-10(2)13-15-12-9-7-6-8-11(12)14(16-13)17(3)4;/h2,5-6,9-14,17,21H,1,3-4,7-8,15-16H2;6-10H,5H2,1-4H3;1H. The Morgan fingerprint density at radius 3 is 2.23 bits per heavy atom. The molecule has 5 nitrogen and oxygen atoms in total. The Labute approximate surface area is 236 Å². The van der Waals surface area contributed by atoms with Crippen molar-refractivity contribution in [3.05, 3.63) is 90.3 Å². The van der Waals surface area contributed by atoms with Crippen molar-refractivity contribution in [2.45, 2.75) is 64.8 Å². The van der Waals surface area contributed by atoms with E-state index < -0.39 is 0 Å². The van der Waals surface area contributed by atoms with E-state index in [-0.39, 0.29) is 1.43 Å². The molecule has 5 rings (SSSR count). The van der Waals surface area contributed by atoms with Gasteiger partial charge in [-0.1, -0.05) is 75.6 Å². The van der Waals surface area contributed by atoms with Gasteiger partial charge in [0, 0.05) is 33.4 Å². The molecular weight excluding hydrogens is 480 g/mol. The fourth-order valence-electron chi connectivity index (χ4n) is 4.93. The molecule has 1 aliphatic rings. The van der Waals surface area contributed by atoms with Gasteiger partial charge in [-0.25, -0.2) is 9.97 Å². The van der Waals surface area contributed by atoms with Crippen LogP contribution in [0.2, 0.25) is 0 Å². The van der Waals surface area contributed by atoms with Crippen molar-refractivity contribution in [3.8, 4) is 11.5 Å². The summed E-state index contributed by atoms with van der Waals surface area (Å²) in [5.74, 6) is 5.00. The summed E-state index contributed by atoms with van der Waals surface area (Å²) in [5.41, 5.74) is 2.35. The van der Waals surface area contributed by atoms with Gasteiger partial charge in [0.1, 0.15) is 23.1 Å². The summed E-state index contributed by atoms with van der Waals surface area (Å²) in [6.45, 7) is 6.44. The topological polar surface area (TPSA) is 50.3 Å². The summed E-state index contributed by atoms with van der Waals surface area (Å²) in [6.07, 6.45) is 8.12. The lowest BCUT2D eigenvalue weighted by Gasteiger charge is -2.21. The first kappa shape index (κ1) is 28.6. The smallest absolute Gasteiger partial charge is 0.139 e. The van der Waals surface area contributed by atoms with E-state index in [0.717, 1.165) is 59.5 Å². The van der Waals surface area contributed by atoms with Gasteiger partial charge in [0.25, 0.3) is 0 Å². The second-order valence-corrected chi connectivity index (χ2v) is 10.8. The number of rotatable bonds is 9. The van der Waals surface area contributed by atoms with Gasteiger partial charge in [-0.15, -0.1) is 0 Å². The summed E-state index contributed by atoms with van der Waals surface area (Å²) < 4.78 is 5.81. The Morgan fingerprint density at radius 1 is 0.872 bits per heavy atom. The quantitative estimate of drug-likeness (QED) is 0.237. The predicted octanol–water partition coefficient (Wildman–Crippen LogP) is 8.60. The molecule has 1 N–H and O–H groups in total. The molecule has 5 heteroatoms. The number of benzene rings is 3. The maximum absolute atomic E-state index is 5.81. The minimum atomic E-state index is 0. The maximum Gasteiger partial charge on any atom is 0.139 e. The van der Waals surface area contributed by atoms with Crippen LogP contribution >= 0.6 is 0 Å². The molecule has 0 radical (unpaired) electrons. The van der Waals surface area contributed by atoms with Crippen molar-refractivity contribution in [2.75, 3.05) is 25.5 Å². The van der Waals surface area contributed by atoms with E-state index >= 15 is 0 Å². The molecule has 1 aromatic heterocycles. The zero-order chi connectivity index (χ0) is 27.5. The lowest BCUT2D eigenvalue weighted by Crippen LogP contribution is -2.24. The van der Waals surface area contributed by atoms with Crippen LogP contribution in [0.3, 0.4) is 0 Å². The molecule has 208 valence electrons. The van der Waals surface area contributed by atoms with Gasteiger partial charge in [0.05, 0.1) is 5.52 Å². The molecular formula is C34H46N4O. The molecule has 0 saturated heterocycles. The maximum atomic E-state index is 5.81. The number of aromatic nitrogens is 2. The normalized spacial score (nSPS) is 14.4. The Kier molecular flexibility index (Phi) is 10.7. The van der Waals surface area contributed by atoms with E-state index in [4.69, 9.17) is 4.74 Å². The molecule has 0 bridgehead atoms. The third kappa shape index (κ3) is 8.52. The van der Waals surface area contributed by atoms with E-state index in [1.807, 2.05) is 68.7 Å². The summed E-state index contributed by atoms with van der Waals surface area (Å²) in [5, 5.41) is 4.72. The average Bonchev–Trinajstić information content (AvgIpc) is 2.98. The van der Waals surface area contributed by atoms with Crippen LogP contribution in [0.4, 0.5) is 5.82 Å². The van der Waals surface area contributed by atoms with Crippen LogP contribution in [-0.2, 0) is 6.54 Å². The third-order valence-corrected chi connectivity index (χ3v) is 7.47. The van der Waals surface area contributed by atoms with E-state index in [0.29, 0.717) is 5.92 Å². The van der Waals surface area contributed by atoms with Gasteiger partial charge < -0.3 is 15.0 Å². The predicted molar refractivity (Wildman–Crippen MR) is 166 cm³/mol. The van der Waals surface area contributed by atoms with Gasteiger partial charge in [0.15, 0.2) is 0 Å². The molecule has 1 heterocycles. The zero-order valence-corrected chi connectivity index (χ0v) is 24.1. The molecule has 0 amide bonds. The second kappa shape index (κ2) is 14.6.